The lowest BCUT2D eigenvalue weighted by atomic mass is 10.1. The highest BCUT2D eigenvalue weighted by atomic mass is 16.5. The van der Waals surface area contributed by atoms with E-state index in [1.165, 1.54) is 18.2 Å². The smallest absolute Gasteiger partial charge is 0.340 e. The first kappa shape index (κ1) is 12.4. The molecule has 0 aromatic carbocycles. The number of carbonyl (C=O) groups excluding carboxylic acids is 1. The molecule has 1 atom stereocenters. The van der Waals surface area contributed by atoms with E-state index < -0.39 is 12.2 Å². The lowest BCUT2D eigenvalue weighted by Gasteiger charge is -2.32. The van der Waals surface area contributed by atoms with Crippen LogP contribution < -0.4 is 0 Å². The normalized spacial score (nSPS) is 21.6. The summed E-state index contributed by atoms with van der Waals surface area (Å²) in [6, 6.07) is 0. The SMILES string of the molecule is CCOC(=O)C1=CN=C2C(OC)=CC=CN2[C@@H]1O. The number of nitrogens with zero attached hydrogens (tertiary/aromatic N) is 2. The van der Waals surface area contributed by atoms with Crippen LogP contribution in [0.25, 0.3) is 0 Å². The average Bonchev–Trinajstić information content (AvgIpc) is 2.39. The summed E-state index contributed by atoms with van der Waals surface area (Å²) in [6.45, 7) is 1.95. The Kier molecular flexibility index (Phi) is 3.47. The fraction of sp³-hybridized carbons (Fsp3) is 0.333. The third kappa shape index (κ3) is 2.02. The Bertz CT molecular complexity index is 476. The highest BCUT2D eigenvalue weighted by Gasteiger charge is 2.33. The molecule has 0 fully saturated rings. The average molecular weight is 250 g/mol. The standard InChI is InChI=1S/C12H14N2O4/c1-3-18-12(16)8-7-13-10-9(17-2)5-4-6-14(10)11(8)15/h4-7,11,15H,3H2,1-2H3/t11-/m1/s1. The summed E-state index contributed by atoms with van der Waals surface area (Å²) >= 11 is 0. The van der Waals surface area contributed by atoms with E-state index in [0.29, 0.717) is 11.6 Å². The van der Waals surface area contributed by atoms with Crippen LogP contribution in [0.4, 0.5) is 0 Å². The van der Waals surface area contributed by atoms with Crippen molar-refractivity contribution in [2.24, 2.45) is 4.99 Å². The van der Waals surface area contributed by atoms with Crippen LogP contribution in [0.3, 0.4) is 0 Å². The minimum atomic E-state index is -1.12. The Hall–Kier alpha value is -2.08. The quantitative estimate of drug-likeness (QED) is 0.739. The Morgan fingerprint density at radius 3 is 3.06 bits per heavy atom. The van der Waals surface area contributed by atoms with Crippen LogP contribution in [0.1, 0.15) is 6.92 Å². The molecule has 6 heteroatoms. The van der Waals surface area contributed by atoms with Crippen molar-refractivity contribution in [1.82, 2.24) is 4.90 Å². The molecular weight excluding hydrogens is 236 g/mol. The zero-order valence-corrected chi connectivity index (χ0v) is 10.2. The zero-order chi connectivity index (χ0) is 13.1. The first-order valence-electron chi connectivity index (χ1n) is 5.53. The number of esters is 1. The number of aliphatic hydroxyl groups is 1. The van der Waals surface area contributed by atoms with Crippen LogP contribution >= 0.6 is 0 Å². The van der Waals surface area contributed by atoms with E-state index in [9.17, 15) is 9.90 Å². The first-order chi connectivity index (χ1) is 8.69. The molecule has 1 N–H and O–H groups in total. The van der Waals surface area contributed by atoms with Crippen molar-refractivity contribution in [3.8, 4) is 0 Å². The van der Waals surface area contributed by atoms with Gasteiger partial charge in [0.25, 0.3) is 0 Å². The molecule has 0 saturated carbocycles. The maximum atomic E-state index is 11.6. The predicted octanol–water partition coefficient (Wildman–Crippen LogP) is 0.524. The number of carbonyl (C=O) groups is 1. The van der Waals surface area contributed by atoms with Crippen LogP contribution in [-0.4, -0.2) is 41.8 Å². The number of ether oxygens (including phenoxy) is 2. The molecule has 2 aliphatic rings. The summed E-state index contributed by atoms with van der Waals surface area (Å²) in [5.41, 5.74) is 0.0996. The summed E-state index contributed by atoms with van der Waals surface area (Å²) in [5.74, 6) is 0.408. The van der Waals surface area contributed by atoms with Crippen molar-refractivity contribution in [3.63, 3.8) is 0 Å². The van der Waals surface area contributed by atoms with Gasteiger partial charge in [-0.15, -0.1) is 0 Å². The monoisotopic (exact) mass is 250 g/mol. The van der Waals surface area contributed by atoms with Gasteiger partial charge in [0, 0.05) is 12.4 Å². The molecule has 0 aromatic heterocycles. The second-order valence-electron chi connectivity index (χ2n) is 3.62. The van der Waals surface area contributed by atoms with Crippen molar-refractivity contribution >= 4 is 11.8 Å². The van der Waals surface area contributed by atoms with Gasteiger partial charge < -0.3 is 14.6 Å². The molecule has 0 unspecified atom stereocenters. The molecule has 2 heterocycles. The predicted molar refractivity (Wildman–Crippen MR) is 64.2 cm³/mol. The third-order valence-electron chi connectivity index (χ3n) is 2.56. The van der Waals surface area contributed by atoms with E-state index in [-0.39, 0.29) is 12.2 Å². The molecular formula is C12H14N2O4. The van der Waals surface area contributed by atoms with Gasteiger partial charge in [-0.1, -0.05) is 0 Å². The van der Waals surface area contributed by atoms with Gasteiger partial charge in [0.2, 0.25) is 0 Å². The van der Waals surface area contributed by atoms with Gasteiger partial charge in [-0.25, -0.2) is 9.79 Å². The van der Waals surface area contributed by atoms with Gasteiger partial charge in [0.15, 0.2) is 17.8 Å². The molecule has 2 aliphatic heterocycles. The number of fused-ring (bicyclic) bond motifs is 1. The van der Waals surface area contributed by atoms with Gasteiger partial charge >= 0.3 is 5.97 Å². The fourth-order valence-electron chi connectivity index (χ4n) is 1.70. The molecule has 18 heavy (non-hydrogen) atoms. The molecule has 0 spiro atoms. The van der Waals surface area contributed by atoms with Crippen LogP contribution in [-0.2, 0) is 14.3 Å². The van der Waals surface area contributed by atoms with Crippen molar-refractivity contribution < 1.29 is 19.4 Å². The maximum Gasteiger partial charge on any atom is 0.340 e. The van der Waals surface area contributed by atoms with E-state index in [1.807, 2.05) is 0 Å². The number of rotatable bonds is 3. The molecule has 6 nitrogen and oxygen atoms in total. The number of aliphatic imine (C=N–C) groups is 1. The van der Waals surface area contributed by atoms with Gasteiger partial charge in [-0.05, 0) is 19.1 Å². The van der Waals surface area contributed by atoms with Crippen molar-refractivity contribution in [1.29, 1.82) is 0 Å². The fourth-order valence-corrected chi connectivity index (χ4v) is 1.70. The number of allylic oxidation sites excluding steroid dienone is 2. The van der Waals surface area contributed by atoms with E-state index in [0.717, 1.165) is 0 Å². The second kappa shape index (κ2) is 5.05. The number of methoxy groups -OCH3 is 1. The maximum absolute atomic E-state index is 11.6. The van der Waals surface area contributed by atoms with Crippen LogP contribution in [0.15, 0.2) is 40.9 Å². The lowest BCUT2D eigenvalue weighted by Crippen LogP contribution is -2.43. The van der Waals surface area contributed by atoms with E-state index in [1.54, 1.807) is 25.3 Å². The summed E-state index contributed by atoms with van der Waals surface area (Å²) in [5, 5.41) is 10.1. The van der Waals surface area contributed by atoms with Gasteiger partial charge in [-0.2, -0.15) is 0 Å². The number of amidine groups is 1. The Morgan fingerprint density at radius 1 is 1.61 bits per heavy atom. The topological polar surface area (TPSA) is 71.4 Å². The van der Waals surface area contributed by atoms with Crippen LogP contribution in [0, 0.1) is 0 Å². The number of aliphatic hydroxyl groups excluding tert-OH is 1. The zero-order valence-electron chi connectivity index (χ0n) is 10.2. The molecule has 96 valence electrons. The second-order valence-corrected chi connectivity index (χ2v) is 3.62. The molecule has 0 aromatic rings. The van der Waals surface area contributed by atoms with E-state index >= 15 is 0 Å². The summed E-state index contributed by atoms with van der Waals surface area (Å²) < 4.78 is 9.98. The minimum Gasteiger partial charge on any atom is -0.493 e. The van der Waals surface area contributed by atoms with E-state index in [4.69, 9.17) is 9.47 Å². The van der Waals surface area contributed by atoms with Crippen molar-refractivity contribution in [2.45, 2.75) is 13.2 Å². The van der Waals surface area contributed by atoms with E-state index in [2.05, 4.69) is 4.99 Å². The minimum absolute atomic E-state index is 0.0996. The van der Waals surface area contributed by atoms with Gasteiger partial charge in [0.05, 0.1) is 13.7 Å². The molecule has 0 radical (unpaired) electrons. The van der Waals surface area contributed by atoms with Gasteiger partial charge in [0.1, 0.15) is 5.57 Å². The molecule has 2 rings (SSSR count). The Labute approximate surface area is 105 Å². The molecule has 0 saturated heterocycles. The highest BCUT2D eigenvalue weighted by molar-refractivity contribution is 6.02. The number of hydrogen-bond acceptors (Lipinski definition) is 6. The summed E-state index contributed by atoms with van der Waals surface area (Å²) in [6.07, 6.45) is 5.24. The summed E-state index contributed by atoms with van der Waals surface area (Å²) in [7, 11) is 1.52. The van der Waals surface area contributed by atoms with Crippen molar-refractivity contribution in [2.75, 3.05) is 13.7 Å². The lowest BCUT2D eigenvalue weighted by molar-refractivity contribution is -0.140. The first-order valence-corrected chi connectivity index (χ1v) is 5.53. The Morgan fingerprint density at radius 2 is 2.39 bits per heavy atom. The molecule has 0 bridgehead atoms. The molecule has 0 amide bonds. The van der Waals surface area contributed by atoms with Gasteiger partial charge in [-0.3, -0.25) is 4.90 Å². The highest BCUT2D eigenvalue weighted by Crippen LogP contribution is 2.23. The van der Waals surface area contributed by atoms with Crippen LogP contribution in [0.5, 0.6) is 0 Å². The Balaban J connectivity index is 2.31. The largest absolute Gasteiger partial charge is 0.493 e. The summed E-state index contributed by atoms with van der Waals surface area (Å²) in [4.78, 5) is 17.2. The van der Waals surface area contributed by atoms with Crippen LogP contribution in [0.2, 0.25) is 0 Å². The molecule has 0 aliphatic carbocycles. The van der Waals surface area contributed by atoms with Crippen molar-refractivity contribution in [3.05, 3.63) is 35.9 Å². The number of hydrogen-bond donors (Lipinski definition) is 1. The third-order valence-corrected chi connectivity index (χ3v) is 2.56.